The SMILES string of the molecule is O=C[CH]c1ccc(OC(F)(F)F)cc1. The van der Waals surface area contributed by atoms with Crippen LogP contribution in [-0.2, 0) is 4.79 Å². The van der Waals surface area contributed by atoms with Crippen LogP contribution in [0.15, 0.2) is 24.3 Å². The van der Waals surface area contributed by atoms with Gasteiger partial charge in [-0.2, -0.15) is 0 Å². The Hall–Kier alpha value is -1.52. The number of alkyl halides is 3. The summed E-state index contributed by atoms with van der Waals surface area (Å²) in [6.07, 6.45) is -2.90. The summed E-state index contributed by atoms with van der Waals surface area (Å²) >= 11 is 0. The summed E-state index contributed by atoms with van der Waals surface area (Å²) in [6, 6.07) is 5.00. The molecule has 0 aliphatic rings. The first-order valence-corrected chi connectivity index (χ1v) is 3.65. The number of carbonyl (C=O) groups is 1. The van der Waals surface area contributed by atoms with Gasteiger partial charge in [0.1, 0.15) is 12.0 Å². The van der Waals surface area contributed by atoms with Gasteiger partial charge in [0, 0.05) is 0 Å². The van der Waals surface area contributed by atoms with E-state index in [9.17, 15) is 18.0 Å². The van der Waals surface area contributed by atoms with Crippen LogP contribution in [0.25, 0.3) is 0 Å². The summed E-state index contributed by atoms with van der Waals surface area (Å²) in [4.78, 5) is 10.0. The monoisotopic (exact) mass is 203 g/mol. The number of hydrogen-bond donors (Lipinski definition) is 0. The van der Waals surface area contributed by atoms with Crippen LogP contribution in [0.5, 0.6) is 5.75 Å². The van der Waals surface area contributed by atoms with Gasteiger partial charge in [-0.3, -0.25) is 0 Å². The van der Waals surface area contributed by atoms with Gasteiger partial charge in [-0.15, -0.1) is 13.2 Å². The highest BCUT2D eigenvalue weighted by atomic mass is 19.4. The highest BCUT2D eigenvalue weighted by Gasteiger charge is 2.30. The average Bonchev–Trinajstić information content (AvgIpc) is 2.06. The third kappa shape index (κ3) is 3.47. The van der Waals surface area contributed by atoms with Gasteiger partial charge < -0.3 is 9.53 Å². The number of carbonyl (C=O) groups excluding carboxylic acids is 1. The van der Waals surface area contributed by atoms with E-state index < -0.39 is 6.36 Å². The second-order valence-corrected chi connectivity index (χ2v) is 2.42. The standard InChI is InChI=1S/C9H6F3O2/c10-9(11,12)14-8-3-1-7(2-4-8)5-6-13/h1-6H. The number of benzene rings is 1. The fourth-order valence-electron chi connectivity index (χ4n) is 0.859. The molecule has 0 atom stereocenters. The molecule has 0 amide bonds. The summed E-state index contributed by atoms with van der Waals surface area (Å²) < 4.78 is 38.7. The summed E-state index contributed by atoms with van der Waals surface area (Å²) in [6.45, 7) is 0. The predicted molar refractivity (Wildman–Crippen MR) is 42.6 cm³/mol. The lowest BCUT2D eigenvalue weighted by molar-refractivity contribution is -0.274. The maximum absolute atomic E-state index is 11.7. The highest BCUT2D eigenvalue weighted by molar-refractivity contribution is 5.67. The molecule has 14 heavy (non-hydrogen) atoms. The van der Waals surface area contributed by atoms with Gasteiger partial charge in [0.2, 0.25) is 0 Å². The van der Waals surface area contributed by atoms with Crippen LogP contribution in [0.1, 0.15) is 5.56 Å². The van der Waals surface area contributed by atoms with Gasteiger partial charge in [-0.1, -0.05) is 12.1 Å². The molecule has 0 N–H and O–H groups in total. The molecule has 0 unspecified atom stereocenters. The first kappa shape index (κ1) is 10.6. The average molecular weight is 203 g/mol. The third-order valence-corrected chi connectivity index (χ3v) is 1.37. The van der Waals surface area contributed by atoms with E-state index in [1.807, 2.05) is 0 Å². The molecule has 0 aliphatic heterocycles. The van der Waals surface area contributed by atoms with E-state index in [1.165, 1.54) is 18.6 Å². The van der Waals surface area contributed by atoms with E-state index in [-0.39, 0.29) is 5.75 Å². The summed E-state index contributed by atoms with van der Waals surface area (Å²) in [5.74, 6) is -0.305. The van der Waals surface area contributed by atoms with Gasteiger partial charge in [-0.05, 0) is 17.7 Å². The van der Waals surface area contributed by atoms with Crippen LogP contribution in [0.4, 0.5) is 13.2 Å². The molecule has 1 aromatic rings. The van der Waals surface area contributed by atoms with Crippen LogP contribution < -0.4 is 4.74 Å². The maximum Gasteiger partial charge on any atom is 0.573 e. The Kier molecular flexibility index (Phi) is 3.11. The molecule has 0 saturated carbocycles. The molecule has 5 heteroatoms. The summed E-state index contributed by atoms with van der Waals surface area (Å²) in [7, 11) is 0. The molecule has 2 nitrogen and oxygen atoms in total. The van der Waals surface area contributed by atoms with E-state index in [0.29, 0.717) is 11.8 Å². The fraction of sp³-hybridized carbons (Fsp3) is 0.111. The number of aldehydes is 1. The lowest BCUT2D eigenvalue weighted by atomic mass is 10.2. The van der Waals surface area contributed by atoms with Crippen molar-refractivity contribution in [3.63, 3.8) is 0 Å². The molecule has 75 valence electrons. The molecular weight excluding hydrogens is 197 g/mol. The predicted octanol–water partition coefficient (Wildman–Crippen LogP) is 2.34. The van der Waals surface area contributed by atoms with Crippen LogP contribution in [0.2, 0.25) is 0 Å². The maximum atomic E-state index is 11.7. The first-order valence-electron chi connectivity index (χ1n) is 3.65. The van der Waals surface area contributed by atoms with Crippen LogP contribution in [0.3, 0.4) is 0 Å². The number of hydrogen-bond acceptors (Lipinski definition) is 2. The van der Waals surface area contributed by atoms with Gasteiger partial charge in [0.05, 0.1) is 6.42 Å². The van der Waals surface area contributed by atoms with E-state index in [1.54, 1.807) is 0 Å². The Morgan fingerprint density at radius 2 is 1.71 bits per heavy atom. The van der Waals surface area contributed by atoms with Crippen molar-refractivity contribution in [3.8, 4) is 5.75 Å². The summed E-state index contributed by atoms with van der Waals surface area (Å²) in [5.41, 5.74) is 0.523. The van der Waals surface area contributed by atoms with Crippen molar-refractivity contribution in [1.82, 2.24) is 0 Å². The van der Waals surface area contributed by atoms with E-state index >= 15 is 0 Å². The molecule has 0 aromatic heterocycles. The third-order valence-electron chi connectivity index (χ3n) is 1.37. The van der Waals surface area contributed by atoms with E-state index in [0.717, 1.165) is 12.1 Å². The van der Waals surface area contributed by atoms with Crippen LogP contribution >= 0.6 is 0 Å². The van der Waals surface area contributed by atoms with E-state index in [2.05, 4.69) is 4.74 Å². The smallest absolute Gasteiger partial charge is 0.406 e. The second-order valence-electron chi connectivity index (χ2n) is 2.42. The van der Waals surface area contributed by atoms with E-state index in [4.69, 9.17) is 0 Å². The van der Waals surface area contributed by atoms with Crippen molar-refractivity contribution in [1.29, 1.82) is 0 Å². The Labute approximate surface area is 78.3 Å². The molecular formula is C9H6F3O2. The van der Waals surface area contributed by atoms with Gasteiger partial charge >= 0.3 is 6.36 Å². The lowest BCUT2D eigenvalue weighted by Crippen LogP contribution is -2.16. The lowest BCUT2D eigenvalue weighted by Gasteiger charge is -2.08. The minimum Gasteiger partial charge on any atom is -0.406 e. The normalized spacial score (nSPS) is 11.1. The molecule has 0 bridgehead atoms. The quantitative estimate of drug-likeness (QED) is 0.704. The zero-order chi connectivity index (χ0) is 10.6. The van der Waals surface area contributed by atoms with Crippen LogP contribution in [-0.4, -0.2) is 12.6 Å². The van der Waals surface area contributed by atoms with Crippen molar-refractivity contribution in [2.45, 2.75) is 6.36 Å². The Bertz CT molecular complexity index is 303. The first-order chi connectivity index (χ1) is 6.51. The topological polar surface area (TPSA) is 26.3 Å². The number of ether oxygens (including phenoxy) is 1. The van der Waals surface area contributed by atoms with Crippen molar-refractivity contribution < 1.29 is 22.7 Å². The molecule has 0 spiro atoms. The molecule has 1 radical (unpaired) electrons. The Morgan fingerprint density at radius 3 is 2.14 bits per heavy atom. The second kappa shape index (κ2) is 4.13. The van der Waals surface area contributed by atoms with Crippen molar-refractivity contribution >= 4 is 6.29 Å². The minimum atomic E-state index is -4.68. The van der Waals surface area contributed by atoms with Crippen molar-refractivity contribution in [2.24, 2.45) is 0 Å². The fourth-order valence-corrected chi connectivity index (χ4v) is 0.859. The van der Waals surface area contributed by atoms with Crippen molar-refractivity contribution in [3.05, 3.63) is 36.2 Å². The minimum absolute atomic E-state index is 0.305. The van der Waals surface area contributed by atoms with Crippen LogP contribution in [0, 0.1) is 6.42 Å². The Balaban J connectivity index is 2.68. The molecule has 1 rings (SSSR count). The Morgan fingerprint density at radius 1 is 1.14 bits per heavy atom. The zero-order valence-electron chi connectivity index (χ0n) is 6.91. The number of rotatable bonds is 3. The van der Waals surface area contributed by atoms with Gasteiger partial charge in [0.15, 0.2) is 0 Å². The summed E-state index contributed by atoms with van der Waals surface area (Å²) in [5, 5.41) is 0. The van der Waals surface area contributed by atoms with Crippen molar-refractivity contribution in [2.75, 3.05) is 0 Å². The zero-order valence-corrected chi connectivity index (χ0v) is 6.91. The highest BCUT2D eigenvalue weighted by Crippen LogP contribution is 2.22. The molecule has 1 aromatic carbocycles. The van der Waals surface area contributed by atoms with Gasteiger partial charge in [-0.25, -0.2) is 0 Å². The molecule has 0 saturated heterocycles. The number of halogens is 3. The molecule has 0 heterocycles. The molecule has 0 fully saturated rings. The largest absolute Gasteiger partial charge is 0.573 e. The van der Waals surface area contributed by atoms with Gasteiger partial charge in [0.25, 0.3) is 0 Å². The molecule has 0 aliphatic carbocycles.